The number of nitrogens with zero attached hydrogens (tertiary/aromatic N) is 2. The lowest BCUT2D eigenvalue weighted by atomic mass is 10.1. The molecule has 1 heterocycles. The average molecular weight is 245 g/mol. The fourth-order valence-corrected chi connectivity index (χ4v) is 1.50. The van der Waals surface area contributed by atoms with Gasteiger partial charge in [-0.05, 0) is 26.7 Å². The van der Waals surface area contributed by atoms with Crippen molar-refractivity contribution in [1.29, 1.82) is 0 Å². The maximum Gasteiger partial charge on any atom is 0.0640 e. The van der Waals surface area contributed by atoms with E-state index in [-0.39, 0.29) is 11.0 Å². The number of halogens is 1. The standard InChI is InChI=1S/C12H21ClN2O/c1-5-11(13)10-8-14-15(9-10)7-6-12(2,3)16-4/h8-9,11H,5-7H2,1-4H3. The van der Waals surface area contributed by atoms with Crippen LogP contribution in [0.25, 0.3) is 0 Å². The van der Waals surface area contributed by atoms with Gasteiger partial charge in [0, 0.05) is 25.4 Å². The Morgan fingerprint density at radius 2 is 2.25 bits per heavy atom. The van der Waals surface area contributed by atoms with Gasteiger partial charge in [0.1, 0.15) is 0 Å². The number of aromatic nitrogens is 2. The molecule has 1 unspecified atom stereocenters. The monoisotopic (exact) mass is 244 g/mol. The number of methoxy groups -OCH3 is 1. The SMILES string of the molecule is CCC(Cl)c1cnn(CCC(C)(C)OC)c1. The highest BCUT2D eigenvalue weighted by Crippen LogP contribution is 2.23. The van der Waals surface area contributed by atoms with Crippen LogP contribution in [0.4, 0.5) is 0 Å². The first kappa shape index (κ1) is 13.5. The zero-order chi connectivity index (χ0) is 12.2. The first-order valence-electron chi connectivity index (χ1n) is 5.70. The molecule has 0 bridgehead atoms. The second kappa shape index (κ2) is 5.69. The van der Waals surface area contributed by atoms with Gasteiger partial charge in [0.2, 0.25) is 0 Å². The molecule has 16 heavy (non-hydrogen) atoms. The van der Waals surface area contributed by atoms with Crippen molar-refractivity contribution in [3.8, 4) is 0 Å². The molecule has 0 saturated heterocycles. The molecule has 0 amide bonds. The third-order valence-corrected chi connectivity index (χ3v) is 3.43. The molecule has 1 rings (SSSR count). The van der Waals surface area contributed by atoms with Crippen molar-refractivity contribution < 1.29 is 4.74 Å². The van der Waals surface area contributed by atoms with Gasteiger partial charge in [0.05, 0.1) is 17.2 Å². The second-order valence-electron chi connectivity index (χ2n) is 4.63. The third kappa shape index (κ3) is 3.80. The van der Waals surface area contributed by atoms with E-state index >= 15 is 0 Å². The number of hydrogen-bond acceptors (Lipinski definition) is 2. The molecule has 3 nitrogen and oxygen atoms in total. The molecule has 0 saturated carbocycles. The topological polar surface area (TPSA) is 27.1 Å². The van der Waals surface area contributed by atoms with Crippen molar-refractivity contribution in [1.82, 2.24) is 9.78 Å². The molecule has 0 aliphatic heterocycles. The molecule has 1 aromatic heterocycles. The Hall–Kier alpha value is -0.540. The molecule has 0 aliphatic carbocycles. The fraction of sp³-hybridized carbons (Fsp3) is 0.750. The van der Waals surface area contributed by atoms with E-state index in [1.165, 1.54) is 0 Å². The number of ether oxygens (including phenoxy) is 1. The van der Waals surface area contributed by atoms with Crippen LogP contribution in [0.3, 0.4) is 0 Å². The minimum Gasteiger partial charge on any atom is -0.379 e. The van der Waals surface area contributed by atoms with Gasteiger partial charge in [-0.2, -0.15) is 5.10 Å². The Balaban J connectivity index is 2.53. The van der Waals surface area contributed by atoms with E-state index in [1.54, 1.807) is 7.11 Å². The summed E-state index contributed by atoms with van der Waals surface area (Å²) in [5.74, 6) is 0. The molecule has 1 atom stereocenters. The maximum absolute atomic E-state index is 6.14. The number of hydrogen-bond donors (Lipinski definition) is 0. The van der Waals surface area contributed by atoms with Crippen LogP contribution in [0.2, 0.25) is 0 Å². The van der Waals surface area contributed by atoms with E-state index in [1.807, 2.05) is 17.1 Å². The smallest absolute Gasteiger partial charge is 0.0640 e. The van der Waals surface area contributed by atoms with Crippen LogP contribution in [0.5, 0.6) is 0 Å². The van der Waals surface area contributed by atoms with Crippen molar-refractivity contribution in [3.05, 3.63) is 18.0 Å². The summed E-state index contributed by atoms with van der Waals surface area (Å²) in [6.07, 6.45) is 5.73. The summed E-state index contributed by atoms with van der Waals surface area (Å²) in [6, 6.07) is 0. The van der Waals surface area contributed by atoms with Gasteiger partial charge in [-0.1, -0.05) is 6.92 Å². The molecule has 0 spiro atoms. The van der Waals surface area contributed by atoms with Crippen LogP contribution in [-0.2, 0) is 11.3 Å². The Bertz CT molecular complexity index is 323. The predicted octanol–water partition coefficient (Wildman–Crippen LogP) is 3.39. The van der Waals surface area contributed by atoms with Crippen molar-refractivity contribution >= 4 is 11.6 Å². The van der Waals surface area contributed by atoms with E-state index in [0.717, 1.165) is 24.9 Å². The Kier molecular flexibility index (Phi) is 4.81. The number of alkyl halides is 1. The highest BCUT2D eigenvalue weighted by atomic mass is 35.5. The van der Waals surface area contributed by atoms with E-state index in [9.17, 15) is 0 Å². The zero-order valence-electron chi connectivity index (χ0n) is 10.5. The van der Waals surface area contributed by atoms with Crippen LogP contribution in [0, 0.1) is 0 Å². The first-order valence-corrected chi connectivity index (χ1v) is 6.13. The normalized spacial score (nSPS) is 14.1. The van der Waals surface area contributed by atoms with Gasteiger partial charge in [-0.15, -0.1) is 11.6 Å². The van der Waals surface area contributed by atoms with Gasteiger partial charge in [-0.25, -0.2) is 0 Å². The molecule has 92 valence electrons. The van der Waals surface area contributed by atoms with Gasteiger partial charge < -0.3 is 4.74 Å². The fourth-order valence-electron chi connectivity index (χ4n) is 1.39. The van der Waals surface area contributed by atoms with Crippen LogP contribution in [0.15, 0.2) is 12.4 Å². The number of rotatable bonds is 6. The summed E-state index contributed by atoms with van der Waals surface area (Å²) in [5.41, 5.74) is 0.997. The molecule has 4 heteroatoms. The van der Waals surface area contributed by atoms with Crippen LogP contribution in [0.1, 0.15) is 44.6 Å². The molecular formula is C12H21ClN2O. The lowest BCUT2D eigenvalue weighted by Gasteiger charge is -2.22. The summed E-state index contributed by atoms with van der Waals surface area (Å²) < 4.78 is 7.30. The maximum atomic E-state index is 6.14. The highest BCUT2D eigenvalue weighted by molar-refractivity contribution is 6.20. The van der Waals surface area contributed by atoms with Crippen molar-refractivity contribution in [2.45, 2.75) is 51.1 Å². The molecule has 0 fully saturated rings. The molecular weight excluding hydrogens is 224 g/mol. The van der Waals surface area contributed by atoms with Gasteiger partial charge in [-0.3, -0.25) is 4.68 Å². The molecule has 0 radical (unpaired) electrons. The van der Waals surface area contributed by atoms with E-state index < -0.39 is 0 Å². The lowest BCUT2D eigenvalue weighted by Crippen LogP contribution is -2.24. The van der Waals surface area contributed by atoms with E-state index in [0.29, 0.717) is 0 Å². The van der Waals surface area contributed by atoms with Crippen molar-refractivity contribution in [3.63, 3.8) is 0 Å². The third-order valence-electron chi connectivity index (χ3n) is 2.87. The molecule has 0 aliphatic rings. The minimum absolute atomic E-state index is 0.0733. The van der Waals surface area contributed by atoms with Crippen LogP contribution >= 0.6 is 11.6 Å². The van der Waals surface area contributed by atoms with Crippen LogP contribution in [-0.4, -0.2) is 22.5 Å². The Morgan fingerprint density at radius 3 is 2.81 bits per heavy atom. The quantitative estimate of drug-likeness (QED) is 0.718. The van der Waals surface area contributed by atoms with Gasteiger partial charge >= 0.3 is 0 Å². The Labute approximate surface area is 103 Å². The predicted molar refractivity (Wildman–Crippen MR) is 66.8 cm³/mol. The second-order valence-corrected chi connectivity index (χ2v) is 5.15. The summed E-state index contributed by atoms with van der Waals surface area (Å²) in [6.45, 7) is 7.08. The molecule has 0 N–H and O–H groups in total. The molecule has 1 aromatic rings. The summed E-state index contributed by atoms with van der Waals surface area (Å²) in [4.78, 5) is 0. The lowest BCUT2D eigenvalue weighted by molar-refractivity contribution is 0.0113. The Morgan fingerprint density at radius 1 is 1.56 bits per heavy atom. The summed E-state index contributed by atoms with van der Waals surface area (Å²) in [7, 11) is 1.74. The summed E-state index contributed by atoms with van der Waals surface area (Å²) >= 11 is 6.14. The highest BCUT2D eigenvalue weighted by Gasteiger charge is 2.16. The average Bonchev–Trinajstić information content (AvgIpc) is 2.74. The first-order chi connectivity index (χ1) is 7.48. The minimum atomic E-state index is -0.1000. The van der Waals surface area contributed by atoms with Crippen molar-refractivity contribution in [2.75, 3.05) is 7.11 Å². The van der Waals surface area contributed by atoms with Gasteiger partial charge in [0.25, 0.3) is 0 Å². The summed E-state index contributed by atoms with van der Waals surface area (Å²) in [5, 5.41) is 4.37. The van der Waals surface area contributed by atoms with E-state index in [2.05, 4.69) is 25.9 Å². The van der Waals surface area contributed by atoms with Gasteiger partial charge in [0.15, 0.2) is 0 Å². The number of aryl methyl sites for hydroxylation is 1. The van der Waals surface area contributed by atoms with E-state index in [4.69, 9.17) is 16.3 Å². The molecule has 0 aromatic carbocycles. The zero-order valence-corrected chi connectivity index (χ0v) is 11.3. The largest absolute Gasteiger partial charge is 0.379 e. The van der Waals surface area contributed by atoms with Crippen LogP contribution < -0.4 is 0 Å². The van der Waals surface area contributed by atoms with Crippen molar-refractivity contribution in [2.24, 2.45) is 0 Å².